The summed E-state index contributed by atoms with van der Waals surface area (Å²) in [7, 11) is 3.11. The minimum atomic E-state index is -0.472. The summed E-state index contributed by atoms with van der Waals surface area (Å²) in [6, 6.07) is 8.03. The molecule has 5 nitrogen and oxygen atoms in total. The van der Waals surface area contributed by atoms with Crippen molar-refractivity contribution in [1.29, 1.82) is 0 Å². The number of hydrazine groups is 1. The first-order valence-corrected chi connectivity index (χ1v) is 6.67. The summed E-state index contributed by atoms with van der Waals surface area (Å²) in [6.07, 6.45) is 3.40. The van der Waals surface area contributed by atoms with Gasteiger partial charge in [-0.05, 0) is 11.1 Å². The smallest absolute Gasteiger partial charge is 0.421 e. The summed E-state index contributed by atoms with van der Waals surface area (Å²) in [6.45, 7) is 5.14. The number of hydrogen-bond donors (Lipinski definition) is 2. The van der Waals surface area contributed by atoms with E-state index >= 15 is 0 Å². The second-order valence-electron chi connectivity index (χ2n) is 3.84. The minimum absolute atomic E-state index is 0.472. The molecule has 0 spiro atoms. The van der Waals surface area contributed by atoms with Gasteiger partial charge in [0, 0.05) is 20.1 Å². The van der Waals surface area contributed by atoms with E-state index in [1.54, 1.807) is 12.1 Å². The van der Waals surface area contributed by atoms with Crippen LogP contribution in [-0.2, 0) is 11.3 Å². The Balaban J connectivity index is 0.00000172. The van der Waals surface area contributed by atoms with Crippen LogP contribution in [0.4, 0.5) is 4.79 Å². The Hall–Kier alpha value is -1.85. The van der Waals surface area contributed by atoms with Gasteiger partial charge in [0.2, 0.25) is 0 Å². The molecule has 0 heterocycles. The van der Waals surface area contributed by atoms with Gasteiger partial charge in [-0.25, -0.2) is 9.80 Å². The Morgan fingerprint density at radius 1 is 1.35 bits per heavy atom. The molecule has 0 saturated carbocycles. The van der Waals surface area contributed by atoms with Gasteiger partial charge in [-0.3, -0.25) is 5.43 Å². The molecule has 0 atom stereocenters. The minimum Gasteiger partial charge on any atom is -0.452 e. The van der Waals surface area contributed by atoms with Crippen molar-refractivity contribution in [2.24, 2.45) is 5.73 Å². The third-order valence-electron chi connectivity index (χ3n) is 2.31. The number of nitrogens with one attached hydrogen (secondary N) is 1. The Kier molecular flexibility index (Phi) is 10.00. The van der Waals surface area contributed by atoms with Crippen molar-refractivity contribution in [3.05, 3.63) is 41.5 Å². The van der Waals surface area contributed by atoms with Gasteiger partial charge in [0.05, 0.1) is 7.11 Å². The highest BCUT2D eigenvalue weighted by molar-refractivity contribution is 5.66. The predicted octanol–water partition coefficient (Wildman–Crippen LogP) is 2.39. The second-order valence-corrected chi connectivity index (χ2v) is 3.84. The van der Waals surface area contributed by atoms with Gasteiger partial charge < -0.3 is 10.5 Å². The Morgan fingerprint density at radius 2 is 1.95 bits per heavy atom. The molecule has 0 aromatic heterocycles. The molecule has 1 rings (SSSR count). The molecule has 5 heteroatoms. The normalized spacial score (nSPS) is 10.1. The summed E-state index contributed by atoms with van der Waals surface area (Å²) in [4.78, 5) is 11.0. The molecule has 0 fully saturated rings. The second kappa shape index (κ2) is 11.0. The topological polar surface area (TPSA) is 67.6 Å². The summed E-state index contributed by atoms with van der Waals surface area (Å²) in [5.74, 6) is 0. The van der Waals surface area contributed by atoms with Crippen LogP contribution in [0.2, 0.25) is 0 Å². The Bertz CT molecular complexity index is 402. The fourth-order valence-corrected chi connectivity index (χ4v) is 1.45. The van der Waals surface area contributed by atoms with E-state index < -0.39 is 6.09 Å². The standard InChI is InChI=1S/C13H19N3O2.C2H6/c1-16(15-13(17)18-2)10-12-7-5-11(6-8-12)4-3-9-14;1-2/h3-8H,9-10,14H2,1-2H3,(H,15,17);1-2H3/b4-3+;. The third kappa shape index (κ3) is 7.56. The zero-order chi connectivity index (χ0) is 15.4. The number of carbonyl (C=O) groups is 1. The van der Waals surface area contributed by atoms with E-state index in [-0.39, 0.29) is 0 Å². The maximum atomic E-state index is 11.0. The van der Waals surface area contributed by atoms with Crippen molar-refractivity contribution in [1.82, 2.24) is 10.4 Å². The number of hydrogen-bond acceptors (Lipinski definition) is 4. The zero-order valence-corrected chi connectivity index (χ0v) is 12.7. The van der Waals surface area contributed by atoms with Crippen molar-refractivity contribution in [2.75, 3.05) is 20.7 Å². The molecule has 0 radical (unpaired) electrons. The number of nitrogens with two attached hydrogens (primary N) is 1. The average molecular weight is 279 g/mol. The lowest BCUT2D eigenvalue weighted by molar-refractivity contribution is 0.132. The molecule has 112 valence electrons. The van der Waals surface area contributed by atoms with Gasteiger partial charge in [0.15, 0.2) is 0 Å². The molecule has 3 N–H and O–H groups in total. The summed E-state index contributed by atoms with van der Waals surface area (Å²) in [5.41, 5.74) is 10.2. The molecule has 0 bridgehead atoms. The maximum Gasteiger partial charge on any atom is 0.421 e. The van der Waals surface area contributed by atoms with E-state index in [1.165, 1.54) is 7.11 Å². The van der Waals surface area contributed by atoms with Gasteiger partial charge in [-0.2, -0.15) is 0 Å². The Labute approximate surface area is 121 Å². The molecule has 0 aliphatic carbocycles. The molecular formula is C15H25N3O2. The summed E-state index contributed by atoms with van der Waals surface area (Å²) >= 11 is 0. The van der Waals surface area contributed by atoms with Crippen LogP contribution in [0.5, 0.6) is 0 Å². The summed E-state index contributed by atoms with van der Waals surface area (Å²) < 4.78 is 4.51. The van der Waals surface area contributed by atoms with Crippen LogP contribution in [0.25, 0.3) is 6.08 Å². The van der Waals surface area contributed by atoms with Crippen LogP contribution in [-0.4, -0.2) is 31.8 Å². The average Bonchev–Trinajstić information content (AvgIpc) is 2.48. The highest BCUT2D eigenvalue weighted by Crippen LogP contribution is 2.07. The first kappa shape index (κ1) is 18.1. The van der Waals surface area contributed by atoms with E-state index in [0.717, 1.165) is 11.1 Å². The number of ether oxygens (including phenoxy) is 1. The first-order chi connectivity index (χ1) is 9.65. The quantitative estimate of drug-likeness (QED) is 0.812. The lowest BCUT2D eigenvalue weighted by Gasteiger charge is -2.16. The van der Waals surface area contributed by atoms with Gasteiger partial charge in [0.1, 0.15) is 0 Å². The van der Waals surface area contributed by atoms with E-state index in [2.05, 4.69) is 10.2 Å². The van der Waals surface area contributed by atoms with E-state index in [0.29, 0.717) is 13.1 Å². The number of benzene rings is 1. The van der Waals surface area contributed by atoms with Crippen molar-refractivity contribution < 1.29 is 9.53 Å². The number of rotatable bonds is 5. The van der Waals surface area contributed by atoms with Crippen molar-refractivity contribution in [3.8, 4) is 0 Å². The van der Waals surface area contributed by atoms with E-state index in [1.807, 2.05) is 50.3 Å². The van der Waals surface area contributed by atoms with Gasteiger partial charge in [0.25, 0.3) is 0 Å². The van der Waals surface area contributed by atoms with Crippen LogP contribution >= 0.6 is 0 Å². The van der Waals surface area contributed by atoms with Crippen molar-refractivity contribution in [3.63, 3.8) is 0 Å². The fraction of sp³-hybridized carbons (Fsp3) is 0.400. The molecule has 0 saturated heterocycles. The molecule has 1 aromatic rings. The molecule has 1 amide bonds. The highest BCUT2D eigenvalue weighted by atomic mass is 16.5. The van der Waals surface area contributed by atoms with Crippen molar-refractivity contribution >= 4 is 12.2 Å². The lowest BCUT2D eigenvalue weighted by Crippen LogP contribution is -2.38. The number of methoxy groups -OCH3 is 1. The molecular weight excluding hydrogens is 254 g/mol. The van der Waals surface area contributed by atoms with Crippen LogP contribution in [0.1, 0.15) is 25.0 Å². The number of amides is 1. The lowest BCUT2D eigenvalue weighted by atomic mass is 10.1. The first-order valence-electron chi connectivity index (χ1n) is 6.67. The number of carbonyl (C=O) groups excluding carboxylic acids is 1. The molecule has 1 aromatic carbocycles. The SMILES string of the molecule is CC.COC(=O)NN(C)Cc1ccc(/C=C/CN)cc1. The van der Waals surface area contributed by atoms with Crippen LogP contribution in [0, 0.1) is 0 Å². The predicted molar refractivity (Wildman–Crippen MR) is 82.9 cm³/mol. The Morgan fingerprint density at radius 3 is 2.45 bits per heavy atom. The number of nitrogens with zero attached hydrogens (tertiary/aromatic N) is 1. The molecule has 0 aliphatic rings. The monoisotopic (exact) mass is 279 g/mol. The van der Waals surface area contributed by atoms with Crippen molar-refractivity contribution in [2.45, 2.75) is 20.4 Å². The zero-order valence-electron chi connectivity index (χ0n) is 12.7. The highest BCUT2D eigenvalue weighted by Gasteiger charge is 2.04. The fourth-order valence-electron chi connectivity index (χ4n) is 1.45. The molecule has 0 aliphatic heterocycles. The summed E-state index contributed by atoms with van der Waals surface area (Å²) in [5, 5.41) is 1.66. The largest absolute Gasteiger partial charge is 0.452 e. The van der Waals surface area contributed by atoms with Gasteiger partial charge in [-0.1, -0.05) is 50.3 Å². The van der Waals surface area contributed by atoms with Crippen LogP contribution in [0.3, 0.4) is 0 Å². The third-order valence-corrected chi connectivity index (χ3v) is 2.31. The van der Waals surface area contributed by atoms with Gasteiger partial charge in [-0.15, -0.1) is 0 Å². The van der Waals surface area contributed by atoms with Crippen LogP contribution < -0.4 is 11.2 Å². The van der Waals surface area contributed by atoms with Crippen LogP contribution in [0.15, 0.2) is 30.3 Å². The van der Waals surface area contributed by atoms with E-state index in [4.69, 9.17) is 5.73 Å². The van der Waals surface area contributed by atoms with E-state index in [9.17, 15) is 4.79 Å². The van der Waals surface area contributed by atoms with Gasteiger partial charge >= 0.3 is 6.09 Å². The molecule has 20 heavy (non-hydrogen) atoms. The molecule has 0 unspecified atom stereocenters. The maximum absolute atomic E-state index is 11.0.